The van der Waals surface area contributed by atoms with Gasteiger partial charge in [0.15, 0.2) is 6.61 Å². The fourth-order valence-corrected chi connectivity index (χ4v) is 3.17. The van der Waals surface area contributed by atoms with E-state index in [0.717, 1.165) is 10.1 Å². The van der Waals surface area contributed by atoms with E-state index >= 15 is 0 Å². The second-order valence-electron chi connectivity index (χ2n) is 5.20. The van der Waals surface area contributed by atoms with Crippen LogP contribution in [0, 0.1) is 0 Å². The molecular weight excluding hydrogens is 353 g/mol. The van der Waals surface area contributed by atoms with Crippen LogP contribution in [0.3, 0.4) is 0 Å². The molecule has 1 N–H and O–H groups in total. The van der Waals surface area contributed by atoms with E-state index in [1.165, 1.54) is 17.5 Å². The number of hydrogen-bond acceptors (Lipinski definition) is 4. The molecule has 0 radical (unpaired) electrons. The number of pyridine rings is 1. The first-order valence-corrected chi connectivity index (χ1v) is 8.14. The molecule has 8 heteroatoms. The third kappa shape index (κ3) is 4.48. The van der Waals surface area contributed by atoms with Crippen molar-refractivity contribution in [3.05, 3.63) is 59.1 Å². The number of carbonyl (C=O) groups excluding carboxylic acids is 1. The van der Waals surface area contributed by atoms with Gasteiger partial charge in [-0.1, -0.05) is 24.3 Å². The number of halogens is 3. The van der Waals surface area contributed by atoms with Gasteiger partial charge >= 0.3 is 6.18 Å². The summed E-state index contributed by atoms with van der Waals surface area (Å²) in [5.74, 6) is -0.441. The van der Waals surface area contributed by atoms with Crippen molar-refractivity contribution in [2.24, 2.45) is 0 Å². The standard InChI is InChI=1S/C17H13F3N2O2S/c18-17(19,20)10-24-16-12(5-3-7-21-16)9-22-15(23)14-8-11-4-1-2-6-13(11)25-14/h1-8H,9-10H2,(H,22,23). The van der Waals surface area contributed by atoms with Gasteiger partial charge in [-0.3, -0.25) is 4.79 Å². The topological polar surface area (TPSA) is 51.2 Å². The van der Waals surface area contributed by atoms with E-state index in [0.29, 0.717) is 10.4 Å². The predicted octanol–water partition coefficient (Wildman–Crippen LogP) is 4.17. The van der Waals surface area contributed by atoms with Crippen molar-refractivity contribution in [3.8, 4) is 5.88 Å². The summed E-state index contributed by atoms with van der Waals surface area (Å²) in [6, 6.07) is 12.5. The summed E-state index contributed by atoms with van der Waals surface area (Å²) in [7, 11) is 0. The molecule has 3 aromatic rings. The quantitative estimate of drug-likeness (QED) is 0.737. The van der Waals surface area contributed by atoms with Crippen LogP contribution >= 0.6 is 11.3 Å². The van der Waals surface area contributed by atoms with Gasteiger partial charge in [0.25, 0.3) is 5.91 Å². The van der Waals surface area contributed by atoms with E-state index in [-0.39, 0.29) is 18.3 Å². The smallest absolute Gasteiger partial charge is 0.422 e. The molecule has 0 aliphatic carbocycles. The zero-order chi connectivity index (χ0) is 17.9. The Morgan fingerprint density at radius 1 is 1.20 bits per heavy atom. The number of thiophene rings is 1. The van der Waals surface area contributed by atoms with Crippen LogP contribution in [0.15, 0.2) is 48.7 Å². The first-order valence-electron chi connectivity index (χ1n) is 7.32. The molecule has 0 bridgehead atoms. The highest BCUT2D eigenvalue weighted by molar-refractivity contribution is 7.20. The van der Waals surface area contributed by atoms with Crippen molar-refractivity contribution in [1.82, 2.24) is 10.3 Å². The molecule has 2 aromatic heterocycles. The van der Waals surface area contributed by atoms with E-state index in [1.807, 2.05) is 24.3 Å². The molecule has 1 aromatic carbocycles. The predicted molar refractivity (Wildman–Crippen MR) is 88.8 cm³/mol. The van der Waals surface area contributed by atoms with Crippen LogP contribution in [0.4, 0.5) is 13.2 Å². The largest absolute Gasteiger partial charge is 0.468 e. The number of fused-ring (bicyclic) bond motifs is 1. The highest BCUT2D eigenvalue weighted by Crippen LogP contribution is 2.25. The van der Waals surface area contributed by atoms with Gasteiger partial charge in [-0.05, 0) is 23.6 Å². The summed E-state index contributed by atoms with van der Waals surface area (Å²) >= 11 is 1.35. The minimum absolute atomic E-state index is 0.0219. The normalized spacial score (nSPS) is 11.5. The molecular formula is C17H13F3N2O2S. The lowest BCUT2D eigenvalue weighted by Gasteiger charge is -2.12. The Labute approximate surface area is 145 Å². The lowest BCUT2D eigenvalue weighted by atomic mass is 10.2. The molecule has 0 aliphatic heterocycles. The minimum atomic E-state index is -4.45. The third-order valence-electron chi connectivity index (χ3n) is 3.31. The van der Waals surface area contributed by atoms with Crippen molar-refractivity contribution in [2.75, 3.05) is 6.61 Å². The molecule has 0 saturated carbocycles. The SMILES string of the molecule is O=C(NCc1cccnc1OCC(F)(F)F)c1cc2ccccc2s1. The first-order chi connectivity index (χ1) is 11.9. The molecule has 25 heavy (non-hydrogen) atoms. The minimum Gasteiger partial charge on any atom is -0.468 e. The number of amides is 1. The molecule has 4 nitrogen and oxygen atoms in total. The first kappa shape index (κ1) is 17.2. The van der Waals surface area contributed by atoms with Gasteiger partial charge < -0.3 is 10.1 Å². The lowest BCUT2D eigenvalue weighted by molar-refractivity contribution is -0.154. The molecule has 0 fully saturated rings. The van der Waals surface area contributed by atoms with Gasteiger partial charge in [0, 0.05) is 23.0 Å². The van der Waals surface area contributed by atoms with Gasteiger partial charge in [-0.15, -0.1) is 11.3 Å². The number of ether oxygens (including phenoxy) is 1. The molecule has 0 atom stereocenters. The zero-order valence-electron chi connectivity index (χ0n) is 12.8. The van der Waals surface area contributed by atoms with Crippen LogP contribution in [-0.4, -0.2) is 23.7 Å². The fourth-order valence-electron chi connectivity index (χ4n) is 2.20. The molecule has 0 saturated heterocycles. The van der Waals surface area contributed by atoms with Crippen LogP contribution in [0.2, 0.25) is 0 Å². The maximum Gasteiger partial charge on any atom is 0.422 e. The number of benzene rings is 1. The Kier molecular flexibility index (Phi) is 4.89. The Morgan fingerprint density at radius 2 is 2.00 bits per heavy atom. The summed E-state index contributed by atoms with van der Waals surface area (Å²) in [6.45, 7) is -1.41. The maximum atomic E-state index is 12.3. The highest BCUT2D eigenvalue weighted by Gasteiger charge is 2.29. The Morgan fingerprint density at radius 3 is 2.76 bits per heavy atom. The van der Waals surface area contributed by atoms with E-state index in [2.05, 4.69) is 10.3 Å². The molecule has 3 rings (SSSR count). The highest BCUT2D eigenvalue weighted by atomic mass is 32.1. The lowest BCUT2D eigenvalue weighted by Crippen LogP contribution is -2.24. The van der Waals surface area contributed by atoms with Crippen LogP contribution in [0.25, 0.3) is 10.1 Å². The summed E-state index contributed by atoms with van der Waals surface area (Å²) in [5.41, 5.74) is 0.376. The Hall–Kier alpha value is -2.61. The van der Waals surface area contributed by atoms with E-state index in [9.17, 15) is 18.0 Å². The molecule has 0 unspecified atom stereocenters. The third-order valence-corrected chi connectivity index (χ3v) is 4.43. The number of aromatic nitrogens is 1. The van der Waals surface area contributed by atoms with Crippen LogP contribution in [-0.2, 0) is 6.54 Å². The number of rotatable bonds is 5. The monoisotopic (exact) mass is 366 g/mol. The van der Waals surface area contributed by atoms with Gasteiger partial charge in [0.05, 0.1) is 4.88 Å². The van der Waals surface area contributed by atoms with Crippen LogP contribution in [0.5, 0.6) is 5.88 Å². The second-order valence-corrected chi connectivity index (χ2v) is 6.29. The molecule has 0 spiro atoms. The number of carbonyl (C=O) groups is 1. The average Bonchev–Trinajstić information content (AvgIpc) is 3.02. The number of alkyl halides is 3. The van der Waals surface area contributed by atoms with E-state index in [1.54, 1.807) is 18.2 Å². The summed E-state index contributed by atoms with van der Waals surface area (Å²) in [5, 5.41) is 3.65. The second kappa shape index (κ2) is 7.10. The number of nitrogens with one attached hydrogen (secondary N) is 1. The number of nitrogens with zero attached hydrogens (tertiary/aromatic N) is 1. The van der Waals surface area contributed by atoms with Crippen molar-refractivity contribution >= 4 is 27.3 Å². The van der Waals surface area contributed by atoms with E-state index in [4.69, 9.17) is 4.74 Å². The number of hydrogen-bond donors (Lipinski definition) is 1. The zero-order valence-corrected chi connectivity index (χ0v) is 13.7. The Bertz CT molecular complexity index is 860. The van der Waals surface area contributed by atoms with Gasteiger partial charge in [-0.25, -0.2) is 4.98 Å². The maximum absolute atomic E-state index is 12.3. The van der Waals surface area contributed by atoms with Crippen molar-refractivity contribution in [3.63, 3.8) is 0 Å². The van der Waals surface area contributed by atoms with Crippen molar-refractivity contribution in [1.29, 1.82) is 0 Å². The molecule has 0 aliphatic rings. The van der Waals surface area contributed by atoms with Crippen molar-refractivity contribution < 1.29 is 22.7 Å². The molecule has 2 heterocycles. The fraction of sp³-hybridized carbons (Fsp3) is 0.176. The summed E-state index contributed by atoms with van der Waals surface area (Å²) in [6.07, 6.45) is -3.11. The van der Waals surface area contributed by atoms with Crippen molar-refractivity contribution in [2.45, 2.75) is 12.7 Å². The van der Waals surface area contributed by atoms with Gasteiger partial charge in [0.1, 0.15) is 0 Å². The van der Waals surface area contributed by atoms with Crippen LogP contribution < -0.4 is 10.1 Å². The summed E-state index contributed by atoms with van der Waals surface area (Å²) < 4.78 is 42.6. The molecule has 1 amide bonds. The Balaban J connectivity index is 1.67. The van der Waals surface area contributed by atoms with Gasteiger partial charge in [-0.2, -0.15) is 13.2 Å². The van der Waals surface area contributed by atoms with Crippen LogP contribution in [0.1, 0.15) is 15.2 Å². The average molecular weight is 366 g/mol. The summed E-state index contributed by atoms with van der Waals surface area (Å²) in [4.78, 5) is 16.6. The van der Waals surface area contributed by atoms with E-state index < -0.39 is 12.8 Å². The van der Waals surface area contributed by atoms with Gasteiger partial charge in [0.2, 0.25) is 5.88 Å². The molecule has 130 valence electrons.